The first kappa shape index (κ1) is 17.4. The molecule has 0 aliphatic carbocycles. The maximum Gasteiger partial charge on any atom is 0.230 e. The molecule has 1 aromatic rings. The number of hydrogen-bond acceptors (Lipinski definition) is 6. The first-order chi connectivity index (χ1) is 11.6. The molecule has 0 saturated carbocycles. The topological polar surface area (TPSA) is 65.7 Å². The van der Waals surface area contributed by atoms with Gasteiger partial charge in [-0.15, -0.1) is 10.2 Å². The third-order valence-electron chi connectivity index (χ3n) is 5.26. The van der Waals surface area contributed by atoms with Crippen molar-refractivity contribution in [3.05, 3.63) is 11.8 Å². The molecule has 3 rings (SSSR count). The average molecular weight is 335 g/mol. The summed E-state index contributed by atoms with van der Waals surface area (Å²) in [5.41, 5.74) is 0. The van der Waals surface area contributed by atoms with Crippen molar-refractivity contribution in [2.45, 2.75) is 46.2 Å². The second kappa shape index (κ2) is 7.61. The molecule has 2 aliphatic heterocycles. The summed E-state index contributed by atoms with van der Waals surface area (Å²) in [6, 6.07) is 0.547. The van der Waals surface area contributed by atoms with Crippen molar-refractivity contribution in [2.24, 2.45) is 5.92 Å². The monoisotopic (exact) mass is 335 g/mol. The summed E-state index contributed by atoms with van der Waals surface area (Å²) < 4.78 is 5.65. The van der Waals surface area contributed by atoms with Gasteiger partial charge in [0.05, 0.1) is 6.54 Å². The minimum atomic E-state index is 0.195. The van der Waals surface area contributed by atoms with E-state index in [-0.39, 0.29) is 5.91 Å². The van der Waals surface area contributed by atoms with Crippen molar-refractivity contribution in [3.8, 4) is 0 Å². The van der Waals surface area contributed by atoms with Crippen LogP contribution in [0.3, 0.4) is 0 Å². The van der Waals surface area contributed by atoms with Crippen LogP contribution in [-0.4, -0.2) is 76.1 Å². The lowest BCUT2D eigenvalue weighted by Gasteiger charge is -2.30. The number of carbonyl (C=O) groups is 1. The summed E-state index contributed by atoms with van der Waals surface area (Å²) in [5, 5.41) is 8.19. The van der Waals surface area contributed by atoms with Crippen molar-refractivity contribution in [1.82, 2.24) is 24.9 Å². The van der Waals surface area contributed by atoms with Crippen LogP contribution < -0.4 is 0 Å². The van der Waals surface area contributed by atoms with Crippen LogP contribution >= 0.6 is 0 Å². The zero-order chi connectivity index (χ0) is 17.1. The van der Waals surface area contributed by atoms with Crippen LogP contribution in [0.5, 0.6) is 0 Å². The zero-order valence-corrected chi connectivity index (χ0v) is 15.1. The normalized spacial score (nSPS) is 26.7. The Morgan fingerprint density at radius 3 is 2.67 bits per heavy atom. The number of aromatic nitrogens is 2. The molecule has 0 spiro atoms. The molecule has 1 amide bonds. The Labute approximate surface area is 144 Å². The Hall–Kier alpha value is -1.47. The lowest BCUT2D eigenvalue weighted by atomic mass is 10.0. The fraction of sp³-hybridized carbons (Fsp3) is 0.824. The Kier molecular flexibility index (Phi) is 5.50. The van der Waals surface area contributed by atoms with Crippen LogP contribution in [0.25, 0.3) is 0 Å². The van der Waals surface area contributed by atoms with Gasteiger partial charge in [0.2, 0.25) is 17.7 Å². The molecule has 0 radical (unpaired) electrons. The highest BCUT2D eigenvalue weighted by atomic mass is 16.4. The second-order valence-corrected chi connectivity index (χ2v) is 7.08. The Balaban J connectivity index is 1.56. The van der Waals surface area contributed by atoms with Gasteiger partial charge in [-0.25, -0.2) is 0 Å². The molecule has 0 N–H and O–H groups in total. The molecule has 3 heterocycles. The smallest absolute Gasteiger partial charge is 0.230 e. The molecule has 134 valence electrons. The summed E-state index contributed by atoms with van der Waals surface area (Å²) in [5.74, 6) is 2.24. The number of carbonyl (C=O) groups excluding carboxylic acids is 1. The average Bonchev–Trinajstić information content (AvgIpc) is 3.06. The number of hydrogen-bond donors (Lipinski definition) is 0. The molecule has 0 aromatic carbocycles. The van der Waals surface area contributed by atoms with E-state index in [2.05, 4.69) is 26.9 Å². The number of nitrogens with zero attached hydrogens (tertiary/aromatic N) is 5. The number of rotatable bonds is 4. The van der Waals surface area contributed by atoms with Gasteiger partial charge in [-0.2, -0.15) is 0 Å². The number of amides is 1. The van der Waals surface area contributed by atoms with Gasteiger partial charge in [0.25, 0.3) is 0 Å². The molecule has 0 bridgehead atoms. The van der Waals surface area contributed by atoms with Gasteiger partial charge < -0.3 is 9.32 Å². The second-order valence-electron chi connectivity index (χ2n) is 7.08. The van der Waals surface area contributed by atoms with E-state index in [1.54, 1.807) is 6.92 Å². The van der Waals surface area contributed by atoms with E-state index in [1.165, 1.54) is 0 Å². The summed E-state index contributed by atoms with van der Waals surface area (Å²) >= 11 is 0. The van der Waals surface area contributed by atoms with E-state index in [9.17, 15) is 4.79 Å². The molecule has 2 saturated heterocycles. The molecule has 1 aromatic heterocycles. The third-order valence-corrected chi connectivity index (χ3v) is 5.26. The molecule has 24 heavy (non-hydrogen) atoms. The first-order valence-electron chi connectivity index (χ1n) is 9.10. The first-order valence-corrected chi connectivity index (χ1v) is 9.10. The fourth-order valence-corrected chi connectivity index (χ4v) is 3.92. The third kappa shape index (κ3) is 3.95. The van der Waals surface area contributed by atoms with E-state index < -0.39 is 0 Å². The van der Waals surface area contributed by atoms with Gasteiger partial charge in [-0.1, -0.05) is 13.8 Å². The molecule has 2 atom stereocenters. The predicted octanol–water partition coefficient (Wildman–Crippen LogP) is 1.01. The fourth-order valence-electron chi connectivity index (χ4n) is 3.92. The zero-order valence-electron chi connectivity index (χ0n) is 15.1. The van der Waals surface area contributed by atoms with Gasteiger partial charge in [-0.05, 0) is 12.3 Å². The van der Waals surface area contributed by atoms with Crippen LogP contribution in [0, 0.1) is 5.92 Å². The van der Waals surface area contributed by atoms with Crippen LogP contribution in [0.15, 0.2) is 4.42 Å². The van der Waals surface area contributed by atoms with Gasteiger partial charge in [0.15, 0.2) is 0 Å². The van der Waals surface area contributed by atoms with E-state index in [4.69, 9.17) is 4.42 Å². The minimum Gasteiger partial charge on any atom is -0.424 e. The van der Waals surface area contributed by atoms with Gasteiger partial charge in [0, 0.05) is 58.7 Å². The van der Waals surface area contributed by atoms with E-state index in [0.717, 1.165) is 64.5 Å². The SMILES string of the molecule is CCc1nnc(CN2C[C@@H](N3CCCN(C(C)=O)CC3)[C@@H](C)C2)o1. The molecule has 2 aliphatic rings. The number of aryl methyl sites for hydroxylation is 1. The molecule has 0 unspecified atom stereocenters. The highest BCUT2D eigenvalue weighted by molar-refractivity contribution is 5.73. The summed E-state index contributed by atoms with van der Waals surface area (Å²) in [7, 11) is 0. The van der Waals surface area contributed by atoms with Crippen molar-refractivity contribution in [2.75, 3.05) is 39.3 Å². The van der Waals surface area contributed by atoms with E-state index in [1.807, 2.05) is 11.8 Å². The molecule has 2 fully saturated rings. The molecular formula is C17H29N5O2. The van der Waals surface area contributed by atoms with Crippen molar-refractivity contribution >= 4 is 5.91 Å². The lowest BCUT2D eigenvalue weighted by molar-refractivity contribution is -0.128. The Morgan fingerprint density at radius 1 is 1.17 bits per heavy atom. The summed E-state index contributed by atoms with van der Waals surface area (Å²) in [6.07, 6.45) is 1.85. The van der Waals surface area contributed by atoms with Crippen LogP contribution in [-0.2, 0) is 17.8 Å². The molecule has 7 heteroatoms. The van der Waals surface area contributed by atoms with E-state index in [0.29, 0.717) is 17.9 Å². The predicted molar refractivity (Wildman–Crippen MR) is 90.3 cm³/mol. The maximum absolute atomic E-state index is 11.6. The molecular weight excluding hydrogens is 306 g/mol. The maximum atomic E-state index is 11.6. The van der Waals surface area contributed by atoms with Crippen LogP contribution in [0.1, 0.15) is 39.0 Å². The van der Waals surface area contributed by atoms with Crippen LogP contribution in [0.2, 0.25) is 0 Å². The largest absolute Gasteiger partial charge is 0.424 e. The van der Waals surface area contributed by atoms with Gasteiger partial charge >= 0.3 is 0 Å². The summed E-state index contributed by atoms with van der Waals surface area (Å²) in [6.45, 7) is 12.6. The highest BCUT2D eigenvalue weighted by Crippen LogP contribution is 2.24. The number of likely N-dealkylation sites (tertiary alicyclic amines) is 1. The van der Waals surface area contributed by atoms with Crippen molar-refractivity contribution in [3.63, 3.8) is 0 Å². The van der Waals surface area contributed by atoms with Crippen molar-refractivity contribution < 1.29 is 9.21 Å². The summed E-state index contributed by atoms with van der Waals surface area (Å²) in [4.78, 5) is 18.6. The Bertz CT molecular complexity index is 561. The van der Waals surface area contributed by atoms with E-state index >= 15 is 0 Å². The highest BCUT2D eigenvalue weighted by Gasteiger charge is 2.35. The molecule has 7 nitrogen and oxygen atoms in total. The quantitative estimate of drug-likeness (QED) is 0.818. The minimum absolute atomic E-state index is 0.195. The standard InChI is InChI=1S/C17H29N5O2/c1-4-16-18-19-17(24-16)12-20-10-13(2)15(11-20)22-7-5-6-21(8-9-22)14(3)23/h13,15H,4-12H2,1-3H3/t13-,15+/m0/s1. The van der Waals surface area contributed by atoms with Gasteiger partial charge in [-0.3, -0.25) is 14.6 Å². The Morgan fingerprint density at radius 2 is 1.96 bits per heavy atom. The van der Waals surface area contributed by atoms with Crippen LogP contribution in [0.4, 0.5) is 0 Å². The van der Waals surface area contributed by atoms with Crippen molar-refractivity contribution in [1.29, 1.82) is 0 Å². The lowest BCUT2D eigenvalue weighted by Crippen LogP contribution is -2.42. The van der Waals surface area contributed by atoms with Gasteiger partial charge in [0.1, 0.15) is 0 Å².